The van der Waals surface area contributed by atoms with Crippen molar-refractivity contribution >= 4 is 28.3 Å². The van der Waals surface area contributed by atoms with Crippen LogP contribution in [-0.2, 0) is 13.1 Å². The number of hydrogen-bond donors (Lipinski definition) is 1. The summed E-state index contributed by atoms with van der Waals surface area (Å²) in [6, 6.07) is 8.19. The Balaban J connectivity index is 1.91. The molecule has 3 rings (SSSR count). The Hall–Kier alpha value is -1.88. The highest BCUT2D eigenvalue weighted by atomic mass is 32.1. The summed E-state index contributed by atoms with van der Waals surface area (Å²) in [6.45, 7) is 3.74. The maximum Gasteiger partial charge on any atom is 0.204 e. The monoisotopic (exact) mass is 258 g/mol. The average Bonchev–Trinajstić information content (AvgIpc) is 3.03. The van der Waals surface area contributed by atoms with Gasteiger partial charge in [-0.2, -0.15) is 0 Å². The lowest BCUT2D eigenvalue weighted by Crippen LogP contribution is -2.06. The lowest BCUT2D eigenvalue weighted by molar-refractivity contribution is 0.786. The molecule has 0 unspecified atom stereocenters. The summed E-state index contributed by atoms with van der Waals surface area (Å²) in [4.78, 5) is 8.87. The van der Waals surface area contributed by atoms with E-state index < -0.39 is 0 Å². The van der Waals surface area contributed by atoms with Crippen LogP contribution >= 0.6 is 11.3 Å². The van der Waals surface area contributed by atoms with Gasteiger partial charge in [-0.3, -0.25) is 0 Å². The van der Waals surface area contributed by atoms with E-state index in [1.165, 1.54) is 5.52 Å². The third kappa shape index (κ3) is 1.97. The molecule has 2 heterocycles. The third-order valence-electron chi connectivity index (χ3n) is 2.88. The van der Waals surface area contributed by atoms with Crippen LogP contribution < -0.4 is 5.32 Å². The van der Waals surface area contributed by atoms with E-state index in [4.69, 9.17) is 0 Å². The summed E-state index contributed by atoms with van der Waals surface area (Å²) in [5.41, 5.74) is 5.09. The van der Waals surface area contributed by atoms with Crippen molar-refractivity contribution in [3.8, 4) is 0 Å². The van der Waals surface area contributed by atoms with Gasteiger partial charge in [-0.05, 0) is 19.1 Å². The molecule has 2 aromatic heterocycles. The maximum absolute atomic E-state index is 4.61. The topological polar surface area (TPSA) is 42.7 Å². The first kappa shape index (κ1) is 11.2. The molecule has 0 saturated heterocycles. The molecule has 3 aromatic rings. The van der Waals surface area contributed by atoms with Gasteiger partial charge in [-0.25, -0.2) is 9.97 Å². The van der Waals surface area contributed by atoms with Gasteiger partial charge in [0.1, 0.15) is 0 Å². The van der Waals surface area contributed by atoms with E-state index in [0.29, 0.717) is 6.54 Å². The molecule has 0 atom stereocenters. The molecule has 0 radical (unpaired) electrons. The van der Waals surface area contributed by atoms with Gasteiger partial charge in [0.25, 0.3) is 0 Å². The highest BCUT2D eigenvalue weighted by Crippen LogP contribution is 2.19. The molecule has 0 bridgehead atoms. The van der Waals surface area contributed by atoms with Crippen LogP contribution in [0.2, 0.25) is 0 Å². The number of nitrogens with one attached hydrogen (secondary N) is 1. The standard InChI is InChI=1S/C13H14N4S/c1-2-17-12-6-4-3-5-11(12)16-13(17)14-7-10-8-18-9-15-10/h3-6,8-9H,2,7H2,1H3,(H,14,16). The van der Waals surface area contributed by atoms with Gasteiger partial charge in [0, 0.05) is 11.9 Å². The zero-order valence-corrected chi connectivity index (χ0v) is 10.9. The van der Waals surface area contributed by atoms with Gasteiger partial charge in [-0.15, -0.1) is 11.3 Å². The quantitative estimate of drug-likeness (QED) is 0.782. The molecule has 0 aliphatic carbocycles. The zero-order valence-electron chi connectivity index (χ0n) is 10.1. The van der Waals surface area contributed by atoms with E-state index >= 15 is 0 Å². The predicted molar refractivity (Wildman–Crippen MR) is 74.8 cm³/mol. The number of hydrogen-bond acceptors (Lipinski definition) is 4. The Morgan fingerprint density at radius 3 is 3.00 bits per heavy atom. The fraction of sp³-hybridized carbons (Fsp3) is 0.231. The fourth-order valence-electron chi connectivity index (χ4n) is 2.03. The highest BCUT2D eigenvalue weighted by Gasteiger charge is 2.08. The Labute approximate surface area is 109 Å². The number of para-hydroxylation sites is 2. The molecule has 0 aliphatic heterocycles. The minimum absolute atomic E-state index is 0.715. The van der Waals surface area contributed by atoms with Crippen molar-refractivity contribution in [1.29, 1.82) is 0 Å². The molecule has 4 nitrogen and oxygen atoms in total. The van der Waals surface area contributed by atoms with E-state index in [0.717, 1.165) is 23.7 Å². The summed E-state index contributed by atoms with van der Waals surface area (Å²) in [5, 5.41) is 5.40. The second-order valence-corrected chi connectivity index (χ2v) is 4.72. The Bertz CT molecular complexity index is 642. The number of anilines is 1. The molecule has 0 spiro atoms. The minimum Gasteiger partial charge on any atom is -0.350 e. The first-order valence-corrected chi connectivity index (χ1v) is 6.89. The normalized spacial score (nSPS) is 10.9. The van der Waals surface area contributed by atoms with Gasteiger partial charge in [0.15, 0.2) is 0 Å². The van der Waals surface area contributed by atoms with Crippen molar-refractivity contribution in [1.82, 2.24) is 14.5 Å². The van der Waals surface area contributed by atoms with Crippen molar-refractivity contribution in [2.75, 3.05) is 5.32 Å². The molecular formula is C13H14N4S. The van der Waals surface area contributed by atoms with E-state index in [1.807, 2.05) is 29.1 Å². The number of benzene rings is 1. The van der Waals surface area contributed by atoms with Crippen LogP contribution in [-0.4, -0.2) is 14.5 Å². The fourth-order valence-corrected chi connectivity index (χ4v) is 2.58. The van der Waals surface area contributed by atoms with Gasteiger partial charge in [-0.1, -0.05) is 12.1 Å². The number of aromatic nitrogens is 3. The van der Waals surface area contributed by atoms with E-state index in [-0.39, 0.29) is 0 Å². The van der Waals surface area contributed by atoms with Crippen LogP contribution in [0.5, 0.6) is 0 Å². The molecule has 5 heteroatoms. The van der Waals surface area contributed by atoms with Crippen LogP contribution in [0, 0.1) is 0 Å². The van der Waals surface area contributed by atoms with E-state index in [1.54, 1.807) is 11.3 Å². The Morgan fingerprint density at radius 1 is 1.33 bits per heavy atom. The van der Waals surface area contributed by atoms with Crippen LogP contribution in [0.25, 0.3) is 11.0 Å². The van der Waals surface area contributed by atoms with Gasteiger partial charge in [0.2, 0.25) is 5.95 Å². The maximum atomic E-state index is 4.61. The lowest BCUT2D eigenvalue weighted by Gasteiger charge is -2.07. The summed E-state index contributed by atoms with van der Waals surface area (Å²) in [7, 11) is 0. The molecule has 18 heavy (non-hydrogen) atoms. The number of aryl methyl sites for hydroxylation is 1. The lowest BCUT2D eigenvalue weighted by atomic mass is 10.3. The molecule has 1 aromatic carbocycles. The van der Waals surface area contributed by atoms with Crippen LogP contribution in [0.3, 0.4) is 0 Å². The van der Waals surface area contributed by atoms with Gasteiger partial charge in [0.05, 0.1) is 28.8 Å². The molecule has 1 N–H and O–H groups in total. The molecule has 0 aliphatic rings. The Kier molecular flexibility index (Phi) is 2.98. The summed E-state index contributed by atoms with van der Waals surface area (Å²) >= 11 is 1.61. The second-order valence-electron chi connectivity index (χ2n) is 4.00. The van der Waals surface area contributed by atoms with Crippen molar-refractivity contribution in [3.05, 3.63) is 40.8 Å². The van der Waals surface area contributed by atoms with Crippen molar-refractivity contribution < 1.29 is 0 Å². The molecule has 0 amide bonds. The Morgan fingerprint density at radius 2 is 2.22 bits per heavy atom. The summed E-state index contributed by atoms with van der Waals surface area (Å²) < 4.78 is 2.18. The van der Waals surface area contributed by atoms with Gasteiger partial charge >= 0.3 is 0 Å². The number of thiazole rings is 1. The van der Waals surface area contributed by atoms with Crippen molar-refractivity contribution in [3.63, 3.8) is 0 Å². The minimum atomic E-state index is 0.715. The number of imidazole rings is 1. The summed E-state index contributed by atoms with van der Waals surface area (Å²) in [6.07, 6.45) is 0. The molecule has 92 valence electrons. The first-order valence-electron chi connectivity index (χ1n) is 5.94. The number of fused-ring (bicyclic) bond motifs is 1. The van der Waals surface area contributed by atoms with Crippen LogP contribution in [0.4, 0.5) is 5.95 Å². The van der Waals surface area contributed by atoms with E-state index in [9.17, 15) is 0 Å². The average molecular weight is 258 g/mol. The molecular weight excluding hydrogens is 244 g/mol. The molecule has 0 fully saturated rings. The summed E-state index contributed by atoms with van der Waals surface area (Å²) in [5.74, 6) is 0.909. The van der Waals surface area contributed by atoms with Crippen molar-refractivity contribution in [2.45, 2.75) is 20.0 Å². The van der Waals surface area contributed by atoms with Crippen molar-refractivity contribution in [2.24, 2.45) is 0 Å². The third-order valence-corrected chi connectivity index (χ3v) is 3.52. The first-order chi connectivity index (χ1) is 8.88. The molecule has 0 saturated carbocycles. The zero-order chi connectivity index (χ0) is 12.4. The predicted octanol–water partition coefficient (Wildman–Crippen LogP) is 3.12. The van der Waals surface area contributed by atoms with E-state index in [2.05, 4.69) is 32.8 Å². The van der Waals surface area contributed by atoms with Crippen LogP contribution in [0.15, 0.2) is 35.2 Å². The number of nitrogens with zero attached hydrogens (tertiary/aromatic N) is 3. The SMILES string of the molecule is CCn1c(NCc2cscn2)nc2ccccc21. The highest BCUT2D eigenvalue weighted by molar-refractivity contribution is 7.07. The smallest absolute Gasteiger partial charge is 0.204 e. The van der Waals surface area contributed by atoms with Gasteiger partial charge < -0.3 is 9.88 Å². The number of rotatable bonds is 4. The van der Waals surface area contributed by atoms with Crippen LogP contribution in [0.1, 0.15) is 12.6 Å². The largest absolute Gasteiger partial charge is 0.350 e. The second kappa shape index (κ2) is 4.78.